The highest BCUT2D eigenvalue weighted by atomic mass is 35.5. The van der Waals surface area contributed by atoms with Crippen molar-refractivity contribution in [3.8, 4) is 6.19 Å². The highest BCUT2D eigenvalue weighted by Gasteiger charge is 2.03. The van der Waals surface area contributed by atoms with Gasteiger partial charge in [0.1, 0.15) is 0 Å². The van der Waals surface area contributed by atoms with Crippen LogP contribution in [-0.4, -0.2) is 35.5 Å². The molecule has 0 aliphatic heterocycles. The van der Waals surface area contributed by atoms with E-state index in [2.05, 4.69) is 25.8 Å². The maximum absolute atomic E-state index is 8.46. The largest absolute Gasteiger partial charge is 0.355 e. The number of thioether (sulfide) groups is 1. The van der Waals surface area contributed by atoms with E-state index in [-0.39, 0.29) is 0 Å². The van der Waals surface area contributed by atoms with E-state index >= 15 is 0 Å². The Morgan fingerprint density at radius 3 is 3.05 bits per heavy atom. The van der Waals surface area contributed by atoms with Crippen LogP contribution in [0.15, 0.2) is 11.1 Å². The summed E-state index contributed by atoms with van der Waals surface area (Å²) in [7, 11) is 1.62. The number of nitriles is 1. The number of nitrogens with zero attached hydrogens (tertiary/aromatic N) is 4. The summed E-state index contributed by atoms with van der Waals surface area (Å²) >= 11 is 7.67. The van der Waals surface area contributed by atoms with Gasteiger partial charge in [-0.25, -0.2) is 0 Å². The molecule has 0 radical (unpaired) electrons. The Morgan fingerprint density at radius 2 is 2.37 bits per heavy atom. The Kier molecular flexibility index (Phi) is 7.00. The number of rotatable bonds is 5. The zero-order valence-corrected chi connectivity index (χ0v) is 12.3. The van der Waals surface area contributed by atoms with Gasteiger partial charge in [-0.05, 0) is 13.0 Å². The number of aliphatic imine (C=N–C) groups is 1. The maximum atomic E-state index is 8.46. The molecule has 0 unspecified atom stereocenters. The van der Waals surface area contributed by atoms with Gasteiger partial charge in [-0.15, -0.1) is 5.10 Å². The molecule has 1 rings (SSSR count). The predicted molar refractivity (Wildman–Crippen MR) is 78.1 cm³/mol. The number of nitrogens with one attached hydrogen (secondary N) is 2. The highest BCUT2D eigenvalue weighted by Crippen LogP contribution is 2.18. The summed E-state index contributed by atoms with van der Waals surface area (Å²) in [6.07, 6.45) is 1.82. The fourth-order valence-electron chi connectivity index (χ4n) is 1.28. The number of hydrogen-bond acceptors (Lipinski definition) is 5. The Morgan fingerprint density at radius 1 is 1.58 bits per heavy atom. The molecule has 0 aromatic carbocycles. The normalized spacial score (nSPS) is 10.9. The fourth-order valence-corrected chi connectivity index (χ4v) is 2.35. The Balaban J connectivity index is 2.28. The van der Waals surface area contributed by atoms with E-state index in [0.717, 1.165) is 22.8 Å². The number of aromatic nitrogens is 2. The minimum absolute atomic E-state index is 0.452. The zero-order valence-electron chi connectivity index (χ0n) is 10.8. The van der Waals surface area contributed by atoms with E-state index in [9.17, 15) is 0 Å². The molecule has 0 aliphatic rings. The smallest absolute Gasteiger partial charge is 0.204 e. The first-order chi connectivity index (χ1) is 9.17. The quantitative estimate of drug-likeness (QED) is 0.280. The van der Waals surface area contributed by atoms with E-state index in [1.807, 2.05) is 19.2 Å². The second-order valence-electron chi connectivity index (χ2n) is 3.59. The van der Waals surface area contributed by atoms with Crippen LogP contribution in [0.5, 0.6) is 0 Å². The molecule has 1 heterocycles. The first-order valence-corrected chi connectivity index (χ1v) is 7.13. The van der Waals surface area contributed by atoms with Crippen molar-refractivity contribution < 1.29 is 0 Å². The van der Waals surface area contributed by atoms with Crippen molar-refractivity contribution in [2.45, 2.75) is 12.7 Å². The van der Waals surface area contributed by atoms with Gasteiger partial charge < -0.3 is 5.32 Å². The van der Waals surface area contributed by atoms with Gasteiger partial charge in [-0.3, -0.25) is 10.3 Å². The molecule has 0 atom stereocenters. The van der Waals surface area contributed by atoms with Gasteiger partial charge in [0, 0.05) is 30.7 Å². The molecule has 0 amide bonds. The summed E-state index contributed by atoms with van der Waals surface area (Å²) in [6, 6.07) is 1.94. The third-order valence-corrected chi connectivity index (χ3v) is 3.46. The highest BCUT2D eigenvalue weighted by molar-refractivity contribution is 7.98. The van der Waals surface area contributed by atoms with Gasteiger partial charge in [0.25, 0.3) is 0 Å². The second kappa shape index (κ2) is 8.56. The average molecular weight is 299 g/mol. The summed E-state index contributed by atoms with van der Waals surface area (Å²) in [5, 5.41) is 22.1. The molecule has 1 aromatic rings. The van der Waals surface area contributed by atoms with Crippen LogP contribution < -0.4 is 10.6 Å². The minimum atomic E-state index is 0.452. The lowest BCUT2D eigenvalue weighted by atomic mass is 10.3. The van der Waals surface area contributed by atoms with Crippen LogP contribution in [0.25, 0.3) is 0 Å². The van der Waals surface area contributed by atoms with E-state index < -0.39 is 0 Å². The Hall–Kier alpha value is -1.52. The lowest BCUT2D eigenvalue weighted by Gasteiger charge is -2.07. The average Bonchev–Trinajstić information content (AvgIpc) is 2.41. The second-order valence-corrected chi connectivity index (χ2v) is 5.05. The molecule has 102 valence electrons. The molecule has 0 saturated carbocycles. The molecule has 0 spiro atoms. The van der Waals surface area contributed by atoms with Crippen molar-refractivity contribution in [3.63, 3.8) is 0 Å². The molecule has 0 saturated heterocycles. The van der Waals surface area contributed by atoms with Gasteiger partial charge in [0.2, 0.25) is 5.96 Å². The van der Waals surface area contributed by atoms with Crippen molar-refractivity contribution in [1.29, 1.82) is 5.26 Å². The van der Waals surface area contributed by atoms with Crippen LogP contribution in [0.1, 0.15) is 11.3 Å². The molecule has 0 aliphatic carbocycles. The summed E-state index contributed by atoms with van der Waals surface area (Å²) in [5.41, 5.74) is 1.84. The van der Waals surface area contributed by atoms with Crippen LogP contribution in [0.2, 0.25) is 5.15 Å². The Labute approximate surface area is 121 Å². The topological polar surface area (TPSA) is 86.0 Å². The molecule has 1 aromatic heterocycles. The molecule has 6 nitrogen and oxygen atoms in total. The lowest BCUT2D eigenvalue weighted by molar-refractivity contribution is 0.930. The zero-order chi connectivity index (χ0) is 14.1. The fraction of sp³-hybridized carbons (Fsp3) is 0.455. The number of guanidine groups is 1. The predicted octanol–water partition coefficient (Wildman–Crippen LogP) is 1.32. The summed E-state index contributed by atoms with van der Waals surface area (Å²) < 4.78 is 0. The van der Waals surface area contributed by atoms with Crippen molar-refractivity contribution >= 4 is 29.3 Å². The van der Waals surface area contributed by atoms with Crippen LogP contribution >= 0.6 is 23.4 Å². The number of halogens is 1. The summed E-state index contributed by atoms with van der Waals surface area (Å²) in [4.78, 5) is 3.88. The standard InChI is InChI=1S/C11H15ClN6S/c1-8-5-9(10(12)18-17-8)6-19-4-3-15-11(14-2)16-7-13/h5H,3-4,6H2,1-2H3,(H2,14,15,16). The van der Waals surface area contributed by atoms with E-state index in [4.69, 9.17) is 16.9 Å². The summed E-state index contributed by atoms with van der Waals surface area (Å²) in [6.45, 7) is 2.59. The van der Waals surface area contributed by atoms with E-state index in [1.165, 1.54) is 0 Å². The monoisotopic (exact) mass is 298 g/mol. The summed E-state index contributed by atoms with van der Waals surface area (Å²) in [5.74, 6) is 2.12. The van der Waals surface area contributed by atoms with Crippen LogP contribution in [0.3, 0.4) is 0 Å². The molecular weight excluding hydrogens is 284 g/mol. The van der Waals surface area contributed by atoms with Crippen LogP contribution in [-0.2, 0) is 5.75 Å². The lowest BCUT2D eigenvalue weighted by Crippen LogP contribution is -2.35. The SMILES string of the molecule is CN=C(NC#N)NCCSCc1cc(C)nnc1Cl. The van der Waals surface area contributed by atoms with E-state index in [0.29, 0.717) is 17.7 Å². The maximum Gasteiger partial charge on any atom is 0.204 e. The number of hydrogen-bond donors (Lipinski definition) is 2. The van der Waals surface area contributed by atoms with Gasteiger partial charge in [-0.2, -0.15) is 22.1 Å². The van der Waals surface area contributed by atoms with Gasteiger partial charge in [0.05, 0.1) is 5.69 Å². The molecule has 19 heavy (non-hydrogen) atoms. The van der Waals surface area contributed by atoms with Crippen molar-refractivity contribution in [3.05, 3.63) is 22.5 Å². The first-order valence-electron chi connectivity index (χ1n) is 5.59. The molecular formula is C11H15ClN6S. The molecule has 0 fully saturated rings. The molecule has 2 N–H and O–H groups in total. The van der Waals surface area contributed by atoms with Crippen LogP contribution in [0.4, 0.5) is 0 Å². The van der Waals surface area contributed by atoms with Crippen molar-refractivity contribution in [1.82, 2.24) is 20.8 Å². The van der Waals surface area contributed by atoms with E-state index in [1.54, 1.807) is 18.8 Å². The minimum Gasteiger partial charge on any atom is -0.355 e. The van der Waals surface area contributed by atoms with Gasteiger partial charge >= 0.3 is 0 Å². The Bertz CT molecular complexity index is 485. The van der Waals surface area contributed by atoms with Crippen molar-refractivity contribution in [2.75, 3.05) is 19.3 Å². The third-order valence-electron chi connectivity index (χ3n) is 2.14. The first kappa shape index (κ1) is 15.5. The molecule has 8 heteroatoms. The number of aryl methyl sites for hydroxylation is 1. The van der Waals surface area contributed by atoms with Gasteiger partial charge in [0.15, 0.2) is 11.3 Å². The third kappa shape index (κ3) is 5.77. The van der Waals surface area contributed by atoms with Gasteiger partial charge in [-0.1, -0.05) is 11.6 Å². The van der Waals surface area contributed by atoms with Crippen molar-refractivity contribution in [2.24, 2.45) is 4.99 Å². The molecule has 0 bridgehead atoms. The van der Waals surface area contributed by atoms with Crippen LogP contribution in [0, 0.1) is 18.4 Å².